The van der Waals surface area contributed by atoms with Gasteiger partial charge in [-0.1, -0.05) is 24.6 Å². The molecule has 0 saturated carbocycles. The molecule has 1 atom stereocenters. The molecule has 3 heterocycles. The van der Waals surface area contributed by atoms with Gasteiger partial charge in [0.25, 0.3) is 0 Å². The molecule has 1 aromatic heterocycles. The van der Waals surface area contributed by atoms with E-state index in [-0.39, 0.29) is 22.3 Å². The SMILES string of the molecule is CCCS(=O)(=O)N1CCC(C2=C(C(=O)OC)C(c3ccc(F)cc3Cl)N=C(c3nccs3)N2)CC1. The largest absolute Gasteiger partial charge is 0.466 e. The lowest BCUT2D eigenvalue weighted by molar-refractivity contribution is -0.136. The average Bonchev–Trinajstić information content (AvgIpc) is 3.38. The van der Waals surface area contributed by atoms with E-state index in [1.807, 2.05) is 12.3 Å². The summed E-state index contributed by atoms with van der Waals surface area (Å²) in [6, 6.07) is 3.13. The van der Waals surface area contributed by atoms with Crippen LogP contribution in [-0.2, 0) is 19.6 Å². The van der Waals surface area contributed by atoms with Crippen LogP contribution in [0.15, 0.2) is 46.0 Å². The summed E-state index contributed by atoms with van der Waals surface area (Å²) in [5.74, 6) is -0.654. The molecule has 35 heavy (non-hydrogen) atoms. The highest BCUT2D eigenvalue weighted by molar-refractivity contribution is 7.89. The van der Waals surface area contributed by atoms with E-state index < -0.39 is 27.9 Å². The first kappa shape index (κ1) is 25.7. The molecule has 0 bridgehead atoms. The van der Waals surface area contributed by atoms with Gasteiger partial charge in [0.1, 0.15) is 11.9 Å². The number of thiazole rings is 1. The van der Waals surface area contributed by atoms with Crippen LogP contribution in [0.3, 0.4) is 0 Å². The van der Waals surface area contributed by atoms with Crippen LogP contribution in [0.4, 0.5) is 4.39 Å². The standard InChI is InChI=1S/C23H26ClFN4O4S2/c1-3-12-35(31,32)29-9-6-14(7-10-29)19-18(23(30)33-2)20(16-5-4-15(25)13-17(16)24)28-21(27-19)22-26-8-11-34-22/h4-5,8,11,13-14,20H,3,6-7,9-10,12H2,1-2H3,(H,27,28). The van der Waals surface area contributed by atoms with Crippen molar-refractivity contribution in [3.63, 3.8) is 0 Å². The number of carbonyl (C=O) groups excluding carboxylic acids is 1. The summed E-state index contributed by atoms with van der Waals surface area (Å²) in [6.45, 7) is 2.53. The van der Waals surface area contributed by atoms with Crippen LogP contribution in [0.25, 0.3) is 0 Å². The van der Waals surface area contributed by atoms with Gasteiger partial charge in [-0.2, -0.15) is 0 Å². The first-order valence-corrected chi connectivity index (χ1v) is 14.1. The number of hydrogen-bond acceptors (Lipinski definition) is 8. The van der Waals surface area contributed by atoms with Gasteiger partial charge < -0.3 is 10.1 Å². The number of aromatic nitrogens is 1. The summed E-state index contributed by atoms with van der Waals surface area (Å²) >= 11 is 7.77. The fraction of sp³-hybridized carbons (Fsp3) is 0.435. The van der Waals surface area contributed by atoms with Crippen molar-refractivity contribution < 1.29 is 22.3 Å². The van der Waals surface area contributed by atoms with Crippen LogP contribution in [-0.4, -0.2) is 55.5 Å². The minimum Gasteiger partial charge on any atom is -0.466 e. The molecule has 1 saturated heterocycles. The number of hydrogen-bond donors (Lipinski definition) is 1. The number of benzene rings is 1. The van der Waals surface area contributed by atoms with Crippen molar-refractivity contribution in [2.24, 2.45) is 10.9 Å². The number of halogens is 2. The smallest absolute Gasteiger partial charge is 0.338 e. The molecular formula is C23H26ClFN4O4S2. The Morgan fingerprint density at radius 2 is 2.09 bits per heavy atom. The number of allylic oxidation sites excluding steroid dienone is 1. The van der Waals surface area contributed by atoms with Crippen molar-refractivity contribution in [3.05, 3.63) is 62.5 Å². The molecule has 188 valence electrons. The van der Waals surface area contributed by atoms with Crippen molar-refractivity contribution in [1.29, 1.82) is 0 Å². The summed E-state index contributed by atoms with van der Waals surface area (Å²) in [5, 5.41) is 5.87. The number of methoxy groups -OCH3 is 1. The third kappa shape index (κ3) is 5.42. The van der Waals surface area contributed by atoms with Gasteiger partial charge in [0, 0.05) is 46.9 Å². The number of ether oxygens (including phenoxy) is 1. The van der Waals surface area contributed by atoms with Gasteiger partial charge >= 0.3 is 5.97 Å². The number of sulfonamides is 1. The van der Waals surface area contributed by atoms with Crippen molar-refractivity contribution >= 4 is 44.8 Å². The van der Waals surface area contributed by atoms with Crippen LogP contribution in [0, 0.1) is 11.7 Å². The first-order valence-electron chi connectivity index (χ1n) is 11.2. The number of carbonyl (C=O) groups is 1. The molecular weight excluding hydrogens is 515 g/mol. The molecule has 1 N–H and O–H groups in total. The maximum absolute atomic E-state index is 13.8. The summed E-state index contributed by atoms with van der Waals surface area (Å²) in [7, 11) is -2.02. The molecule has 1 unspecified atom stereocenters. The fourth-order valence-corrected chi connectivity index (χ4v) is 6.83. The third-order valence-corrected chi connectivity index (χ3v) is 9.27. The van der Waals surface area contributed by atoms with Crippen molar-refractivity contribution in [1.82, 2.24) is 14.6 Å². The Morgan fingerprint density at radius 1 is 1.34 bits per heavy atom. The molecule has 0 aliphatic carbocycles. The second-order valence-electron chi connectivity index (χ2n) is 8.32. The second kappa shape index (κ2) is 10.7. The summed E-state index contributed by atoms with van der Waals surface area (Å²) in [5.41, 5.74) is 1.34. The minimum atomic E-state index is -3.31. The highest BCUT2D eigenvalue weighted by Crippen LogP contribution is 2.40. The summed E-state index contributed by atoms with van der Waals surface area (Å²) in [6.07, 6.45) is 3.23. The lowest BCUT2D eigenvalue weighted by Crippen LogP contribution is -2.43. The number of amidine groups is 1. The lowest BCUT2D eigenvalue weighted by atomic mass is 9.86. The molecule has 0 radical (unpaired) electrons. The maximum Gasteiger partial charge on any atom is 0.338 e. The number of aliphatic imine (C=N–C) groups is 1. The van der Waals surface area contributed by atoms with E-state index in [0.29, 0.717) is 54.5 Å². The van der Waals surface area contributed by atoms with Gasteiger partial charge in [-0.3, -0.25) is 4.99 Å². The predicted molar refractivity (Wildman–Crippen MR) is 133 cm³/mol. The molecule has 2 aliphatic heterocycles. The molecule has 0 spiro atoms. The van der Waals surface area contributed by atoms with Gasteiger partial charge in [0.2, 0.25) is 10.0 Å². The Hall–Kier alpha value is -2.34. The monoisotopic (exact) mass is 540 g/mol. The van der Waals surface area contributed by atoms with Crippen molar-refractivity contribution in [2.75, 3.05) is 26.0 Å². The number of nitrogens with zero attached hydrogens (tertiary/aromatic N) is 3. The maximum atomic E-state index is 13.8. The zero-order valence-corrected chi connectivity index (χ0v) is 21.7. The number of esters is 1. The normalized spacial score (nSPS) is 19.9. The third-order valence-electron chi connectivity index (χ3n) is 6.09. The van der Waals surface area contributed by atoms with Crippen LogP contribution in [0.2, 0.25) is 5.02 Å². The predicted octanol–water partition coefficient (Wildman–Crippen LogP) is 3.91. The minimum absolute atomic E-state index is 0.109. The molecule has 2 aromatic rings. The quantitative estimate of drug-likeness (QED) is 0.534. The Kier molecular flexibility index (Phi) is 7.89. The van der Waals surface area contributed by atoms with E-state index in [2.05, 4.69) is 10.3 Å². The van der Waals surface area contributed by atoms with E-state index in [1.165, 1.54) is 41.0 Å². The van der Waals surface area contributed by atoms with E-state index in [9.17, 15) is 17.6 Å². The molecule has 1 fully saturated rings. The average molecular weight is 541 g/mol. The van der Waals surface area contributed by atoms with Crippen LogP contribution >= 0.6 is 22.9 Å². The topological polar surface area (TPSA) is 101 Å². The van der Waals surface area contributed by atoms with E-state index >= 15 is 0 Å². The lowest BCUT2D eigenvalue weighted by Gasteiger charge is -2.36. The zero-order chi connectivity index (χ0) is 25.2. The van der Waals surface area contributed by atoms with E-state index in [1.54, 1.807) is 6.20 Å². The van der Waals surface area contributed by atoms with Gasteiger partial charge in [-0.15, -0.1) is 11.3 Å². The zero-order valence-electron chi connectivity index (χ0n) is 19.3. The summed E-state index contributed by atoms with van der Waals surface area (Å²) in [4.78, 5) is 22.1. The van der Waals surface area contributed by atoms with Gasteiger partial charge in [0.15, 0.2) is 10.8 Å². The van der Waals surface area contributed by atoms with Crippen molar-refractivity contribution in [2.45, 2.75) is 32.2 Å². The fourth-order valence-electron chi connectivity index (χ4n) is 4.43. The molecule has 2 aliphatic rings. The molecule has 4 rings (SSSR count). The second-order valence-corrected chi connectivity index (χ2v) is 11.7. The Labute approximate surface area is 212 Å². The van der Waals surface area contributed by atoms with Gasteiger partial charge in [-0.05, 0) is 31.4 Å². The Bertz CT molecular complexity index is 1260. The molecule has 0 amide bonds. The Balaban J connectivity index is 1.76. The first-order chi connectivity index (χ1) is 16.7. The van der Waals surface area contributed by atoms with E-state index in [0.717, 1.165) is 0 Å². The highest BCUT2D eigenvalue weighted by Gasteiger charge is 2.38. The number of rotatable bonds is 7. The van der Waals surface area contributed by atoms with Gasteiger partial charge in [0.05, 0.1) is 18.4 Å². The molecule has 1 aromatic carbocycles. The number of nitrogens with one attached hydrogen (secondary N) is 1. The molecule has 8 nitrogen and oxygen atoms in total. The molecule has 12 heteroatoms. The van der Waals surface area contributed by atoms with Crippen LogP contribution < -0.4 is 5.32 Å². The van der Waals surface area contributed by atoms with Crippen LogP contribution in [0.5, 0.6) is 0 Å². The summed E-state index contributed by atoms with van der Waals surface area (Å²) < 4.78 is 45.5. The van der Waals surface area contributed by atoms with E-state index in [4.69, 9.17) is 21.3 Å². The highest BCUT2D eigenvalue weighted by atomic mass is 35.5. The Morgan fingerprint density at radius 3 is 2.69 bits per heavy atom. The number of piperidine rings is 1. The van der Waals surface area contributed by atoms with Crippen molar-refractivity contribution in [3.8, 4) is 0 Å². The van der Waals surface area contributed by atoms with Crippen LogP contribution in [0.1, 0.15) is 42.8 Å². The van der Waals surface area contributed by atoms with Gasteiger partial charge in [-0.25, -0.2) is 26.9 Å².